The van der Waals surface area contributed by atoms with E-state index >= 15 is 0 Å². The fourth-order valence-electron chi connectivity index (χ4n) is 0.883. The SMILES string of the molecule is C=CC([NH])S(=O)(=O)c1ccccc1. The van der Waals surface area contributed by atoms with Gasteiger partial charge in [-0.3, -0.25) is 0 Å². The summed E-state index contributed by atoms with van der Waals surface area (Å²) in [6.07, 6.45) is 1.10. The maximum atomic E-state index is 11.5. The van der Waals surface area contributed by atoms with Gasteiger partial charge < -0.3 is 0 Å². The van der Waals surface area contributed by atoms with Crippen molar-refractivity contribution in [3.05, 3.63) is 43.0 Å². The van der Waals surface area contributed by atoms with Gasteiger partial charge >= 0.3 is 0 Å². The number of sulfone groups is 1. The molecule has 13 heavy (non-hydrogen) atoms. The summed E-state index contributed by atoms with van der Waals surface area (Å²) < 4.78 is 23.0. The summed E-state index contributed by atoms with van der Waals surface area (Å²) in [7, 11) is -3.54. The standard InChI is InChI=1S/C9H10NO2S/c1-2-9(10)13(11,12)8-6-4-3-5-7-8/h2-7,9-10H,1H2. The normalized spacial score (nSPS) is 13.6. The van der Waals surface area contributed by atoms with E-state index in [4.69, 9.17) is 5.73 Å². The number of hydrogen-bond acceptors (Lipinski definition) is 2. The zero-order chi connectivity index (χ0) is 9.90. The summed E-state index contributed by atoms with van der Waals surface area (Å²) in [6, 6.07) is 7.93. The van der Waals surface area contributed by atoms with Crippen molar-refractivity contribution in [2.45, 2.75) is 10.3 Å². The Morgan fingerprint density at radius 3 is 2.31 bits per heavy atom. The van der Waals surface area contributed by atoms with Crippen molar-refractivity contribution in [3.8, 4) is 0 Å². The van der Waals surface area contributed by atoms with Gasteiger partial charge in [-0.2, -0.15) is 0 Å². The minimum absolute atomic E-state index is 0.162. The number of nitrogens with one attached hydrogen (secondary N) is 1. The molecule has 69 valence electrons. The first-order chi connectivity index (χ1) is 6.09. The van der Waals surface area contributed by atoms with Crippen LogP contribution >= 0.6 is 0 Å². The van der Waals surface area contributed by atoms with Gasteiger partial charge in [0.05, 0.1) is 4.90 Å². The van der Waals surface area contributed by atoms with Crippen LogP contribution in [0.15, 0.2) is 47.9 Å². The maximum Gasteiger partial charge on any atom is 0.199 e. The maximum absolute atomic E-state index is 11.5. The highest BCUT2D eigenvalue weighted by atomic mass is 32.2. The van der Waals surface area contributed by atoms with Crippen LogP contribution in [0.2, 0.25) is 0 Å². The van der Waals surface area contributed by atoms with E-state index in [1.54, 1.807) is 18.2 Å². The third kappa shape index (κ3) is 1.96. The Labute approximate surface area is 77.8 Å². The molecule has 3 nitrogen and oxygen atoms in total. The zero-order valence-electron chi connectivity index (χ0n) is 6.97. The molecule has 1 N–H and O–H groups in total. The number of hydrogen-bond donors (Lipinski definition) is 0. The van der Waals surface area contributed by atoms with Crippen molar-refractivity contribution in [1.82, 2.24) is 5.73 Å². The second-order valence-corrected chi connectivity index (χ2v) is 4.58. The molecule has 0 fully saturated rings. The molecule has 1 unspecified atom stereocenters. The van der Waals surface area contributed by atoms with Gasteiger partial charge in [0.25, 0.3) is 0 Å². The molecule has 0 spiro atoms. The average molecular weight is 196 g/mol. The van der Waals surface area contributed by atoms with Crippen LogP contribution in [-0.2, 0) is 9.84 Å². The minimum Gasteiger partial charge on any atom is -0.234 e. The van der Waals surface area contributed by atoms with Crippen molar-refractivity contribution in [1.29, 1.82) is 0 Å². The lowest BCUT2D eigenvalue weighted by Crippen LogP contribution is -2.19. The summed E-state index contributed by atoms with van der Waals surface area (Å²) in [5.41, 5.74) is 7.25. The Morgan fingerprint density at radius 1 is 1.31 bits per heavy atom. The topological polar surface area (TPSA) is 57.9 Å². The van der Waals surface area contributed by atoms with Crippen LogP contribution in [-0.4, -0.2) is 13.8 Å². The van der Waals surface area contributed by atoms with E-state index in [1.807, 2.05) is 0 Å². The first-order valence-electron chi connectivity index (χ1n) is 3.71. The molecule has 1 aromatic carbocycles. The van der Waals surface area contributed by atoms with E-state index < -0.39 is 15.2 Å². The predicted molar refractivity (Wildman–Crippen MR) is 50.7 cm³/mol. The van der Waals surface area contributed by atoms with Gasteiger partial charge in [-0.1, -0.05) is 24.3 Å². The van der Waals surface area contributed by atoms with E-state index in [-0.39, 0.29) is 4.90 Å². The third-order valence-electron chi connectivity index (χ3n) is 1.62. The van der Waals surface area contributed by atoms with Gasteiger partial charge in [-0.15, -0.1) is 6.58 Å². The van der Waals surface area contributed by atoms with Crippen LogP contribution < -0.4 is 5.73 Å². The molecule has 0 amide bonds. The van der Waals surface area contributed by atoms with Gasteiger partial charge in [-0.25, -0.2) is 14.2 Å². The third-order valence-corrected chi connectivity index (χ3v) is 3.41. The van der Waals surface area contributed by atoms with Crippen LogP contribution in [0.1, 0.15) is 0 Å². The summed E-state index contributed by atoms with van der Waals surface area (Å²) >= 11 is 0. The van der Waals surface area contributed by atoms with Gasteiger partial charge in [0.1, 0.15) is 5.37 Å². The lowest BCUT2D eigenvalue weighted by atomic mass is 10.4. The van der Waals surface area contributed by atoms with Gasteiger partial charge in [-0.05, 0) is 12.1 Å². The van der Waals surface area contributed by atoms with E-state index in [2.05, 4.69) is 6.58 Å². The first-order valence-corrected chi connectivity index (χ1v) is 5.26. The molecule has 0 saturated carbocycles. The number of benzene rings is 1. The lowest BCUT2D eigenvalue weighted by molar-refractivity contribution is 0.588. The summed E-state index contributed by atoms with van der Waals surface area (Å²) in [5.74, 6) is 0. The van der Waals surface area contributed by atoms with Crippen LogP contribution in [0.5, 0.6) is 0 Å². The van der Waals surface area contributed by atoms with Crippen molar-refractivity contribution >= 4 is 9.84 Å². The zero-order valence-corrected chi connectivity index (χ0v) is 7.79. The highest BCUT2D eigenvalue weighted by Gasteiger charge is 2.20. The molecule has 1 aromatic rings. The van der Waals surface area contributed by atoms with Crippen molar-refractivity contribution < 1.29 is 8.42 Å². The lowest BCUT2D eigenvalue weighted by Gasteiger charge is -2.06. The molecular weight excluding hydrogens is 186 g/mol. The molecule has 0 aliphatic rings. The molecule has 0 bridgehead atoms. The van der Waals surface area contributed by atoms with E-state index in [0.29, 0.717) is 0 Å². The van der Waals surface area contributed by atoms with Crippen LogP contribution in [0.25, 0.3) is 0 Å². The van der Waals surface area contributed by atoms with Crippen molar-refractivity contribution in [3.63, 3.8) is 0 Å². The van der Waals surface area contributed by atoms with Crippen molar-refractivity contribution in [2.75, 3.05) is 0 Å². The molecule has 1 radical (unpaired) electrons. The monoisotopic (exact) mass is 196 g/mol. The largest absolute Gasteiger partial charge is 0.234 e. The number of rotatable bonds is 3. The molecule has 4 heteroatoms. The van der Waals surface area contributed by atoms with Gasteiger partial charge in [0, 0.05) is 0 Å². The Kier molecular flexibility index (Phi) is 2.85. The van der Waals surface area contributed by atoms with Gasteiger partial charge in [0.2, 0.25) is 0 Å². The first kappa shape index (κ1) is 9.95. The summed E-state index contributed by atoms with van der Waals surface area (Å²) in [6.45, 7) is 3.29. The summed E-state index contributed by atoms with van der Waals surface area (Å²) in [5, 5.41) is -1.28. The molecule has 1 atom stereocenters. The minimum atomic E-state index is -3.54. The van der Waals surface area contributed by atoms with Crippen LogP contribution in [0, 0.1) is 0 Å². The highest BCUT2D eigenvalue weighted by Crippen LogP contribution is 2.13. The molecule has 1 rings (SSSR count). The molecule has 0 aliphatic heterocycles. The second kappa shape index (κ2) is 3.72. The van der Waals surface area contributed by atoms with E-state index in [9.17, 15) is 8.42 Å². The highest BCUT2D eigenvalue weighted by molar-refractivity contribution is 7.92. The fraction of sp³-hybridized carbons (Fsp3) is 0.111. The molecule has 0 saturated heterocycles. The molecule has 0 heterocycles. The summed E-state index contributed by atoms with van der Waals surface area (Å²) in [4.78, 5) is 0.162. The van der Waals surface area contributed by atoms with Gasteiger partial charge in [0.15, 0.2) is 9.84 Å². The quantitative estimate of drug-likeness (QED) is 0.683. The Balaban J connectivity index is 3.16. The molecule has 0 aromatic heterocycles. The van der Waals surface area contributed by atoms with Crippen LogP contribution in [0.3, 0.4) is 0 Å². The predicted octanol–water partition coefficient (Wildman–Crippen LogP) is 1.26. The smallest absolute Gasteiger partial charge is 0.199 e. The molecule has 0 aliphatic carbocycles. The Morgan fingerprint density at radius 2 is 1.85 bits per heavy atom. The molecular formula is C9H10NO2S. The fourth-order valence-corrected chi connectivity index (χ4v) is 1.97. The Bertz CT molecular complexity index is 383. The average Bonchev–Trinajstić information content (AvgIpc) is 2.18. The van der Waals surface area contributed by atoms with Crippen molar-refractivity contribution in [2.24, 2.45) is 0 Å². The Hall–Kier alpha value is -1.13. The van der Waals surface area contributed by atoms with E-state index in [1.165, 1.54) is 12.1 Å². The van der Waals surface area contributed by atoms with Crippen LogP contribution in [0.4, 0.5) is 0 Å². The van der Waals surface area contributed by atoms with E-state index in [0.717, 1.165) is 6.08 Å². The second-order valence-electron chi connectivity index (χ2n) is 2.51.